The van der Waals surface area contributed by atoms with Gasteiger partial charge in [-0.05, 0) is 30.3 Å². The molecule has 0 saturated heterocycles. The van der Waals surface area contributed by atoms with Gasteiger partial charge in [0.15, 0.2) is 11.6 Å². The van der Waals surface area contributed by atoms with Crippen molar-refractivity contribution < 1.29 is 22.7 Å². The molecule has 3 aromatic rings. The van der Waals surface area contributed by atoms with Crippen molar-refractivity contribution in [3.8, 4) is 11.6 Å². The van der Waals surface area contributed by atoms with Crippen LogP contribution in [-0.2, 0) is 0 Å². The Morgan fingerprint density at radius 3 is 2.59 bits per heavy atom. The van der Waals surface area contributed by atoms with E-state index in [4.69, 9.17) is 0 Å². The average molecular weight is 407 g/mol. The van der Waals surface area contributed by atoms with Gasteiger partial charge in [0, 0.05) is 25.5 Å². The number of para-hydroxylation sites is 2. The van der Waals surface area contributed by atoms with Gasteiger partial charge in [-0.15, -0.1) is 23.4 Å². The lowest BCUT2D eigenvalue weighted by Crippen LogP contribution is -2.33. The Balaban J connectivity index is 1.44. The third kappa shape index (κ3) is 6.09. The van der Waals surface area contributed by atoms with E-state index in [0.29, 0.717) is 18.2 Å². The summed E-state index contributed by atoms with van der Waals surface area (Å²) in [6.45, 7) is 0.515. The van der Waals surface area contributed by atoms with E-state index >= 15 is 0 Å². The summed E-state index contributed by atoms with van der Waals surface area (Å²) in [7, 11) is 0. The number of carbonyl (C=O) groups is 1. The number of aromatic nitrogens is 4. The van der Waals surface area contributed by atoms with E-state index in [-0.39, 0.29) is 12.2 Å². The lowest BCUT2D eigenvalue weighted by atomic mass is 10.3. The fourth-order valence-electron chi connectivity index (χ4n) is 2.26. The number of halogens is 3. The summed E-state index contributed by atoms with van der Waals surface area (Å²) in [5, 5.41) is 19.8. The van der Waals surface area contributed by atoms with Crippen molar-refractivity contribution in [3.63, 3.8) is 0 Å². The maximum Gasteiger partial charge on any atom is 0.573 e. The molecule has 0 spiro atoms. The quantitative estimate of drug-likeness (QED) is 0.520. The molecule has 0 bridgehead atoms. The number of alkyl halides is 3. The molecule has 0 radical (unpaired) electrons. The number of rotatable bonds is 7. The summed E-state index contributed by atoms with van der Waals surface area (Å²) in [5.74, 6) is 0.547. The first kappa shape index (κ1) is 19.9. The molecule has 0 aliphatic carbocycles. The molecule has 0 aliphatic rings. The zero-order valence-corrected chi connectivity index (χ0v) is 14.8. The normalized spacial score (nSPS) is 11.0. The predicted molar refractivity (Wildman–Crippen MR) is 97.8 cm³/mol. The van der Waals surface area contributed by atoms with E-state index in [9.17, 15) is 18.0 Å². The van der Waals surface area contributed by atoms with Crippen LogP contribution in [0.15, 0.2) is 54.9 Å². The van der Waals surface area contributed by atoms with E-state index in [2.05, 4.69) is 36.0 Å². The van der Waals surface area contributed by atoms with Gasteiger partial charge in [-0.1, -0.05) is 12.1 Å². The van der Waals surface area contributed by atoms with Crippen molar-refractivity contribution in [3.05, 3.63) is 54.9 Å². The molecule has 2 heterocycles. The molecule has 0 aliphatic heterocycles. The Morgan fingerprint density at radius 2 is 1.90 bits per heavy atom. The fourth-order valence-corrected chi connectivity index (χ4v) is 2.26. The molecule has 3 N–H and O–H groups in total. The van der Waals surface area contributed by atoms with Gasteiger partial charge in [-0.2, -0.15) is 5.10 Å². The molecule has 29 heavy (non-hydrogen) atoms. The molecule has 2 aromatic heterocycles. The van der Waals surface area contributed by atoms with E-state index in [1.165, 1.54) is 18.2 Å². The maximum absolute atomic E-state index is 12.4. The van der Waals surface area contributed by atoms with Crippen LogP contribution < -0.4 is 20.7 Å². The number of benzene rings is 1. The first-order valence-corrected chi connectivity index (χ1v) is 8.38. The molecule has 3 rings (SSSR count). The van der Waals surface area contributed by atoms with Crippen LogP contribution in [0.3, 0.4) is 0 Å². The van der Waals surface area contributed by atoms with Gasteiger partial charge in [0.25, 0.3) is 0 Å². The van der Waals surface area contributed by atoms with Crippen LogP contribution in [0.4, 0.5) is 29.5 Å². The zero-order chi connectivity index (χ0) is 20.7. The van der Waals surface area contributed by atoms with Crippen LogP contribution in [0.2, 0.25) is 0 Å². The van der Waals surface area contributed by atoms with Crippen LogP contribution >= 0.6 is 0 Å². The molecule has 12 heteroatoms. The Morgan fingerprint density at radius 1 is 1.07 bits per heavy atom. The number of anilines is 2. The molecule has 0 saturated carbocycles. The Kier molecular flexibility index (Phi) is 6.12. The number of nitrogens with zero attached hydrogens (tertiary/aromatic N) is 4. The molecule has 9 nitrogen and oxygen atoms in total. The van der Waals surface area contributed by atoms with Crippen molar-refractivity contribution >= 4 is 17.5 Å². The first-order valence-electron chi connectivity index (χ1n) is 8.38. The smallest absolute Gasteiger partial charge is 0.404 e. The van der Waals surface area contributed by atoms with Crippen LogP contribution in [-0.4, -0.2) is 45.5 Å². The molecule has 0 atom stereocenters. The zero-order valence-electron chi connectivity index (χ0n) is 14.8. The van der Waals surface area contributed by atoms with Gasteiger partial charge in [0.2, 0.25) is 0 Å². The standard InChI is InChI=1S/C17H16F3N7O2/c18-17(19,20)29-13-5-2-1-4-12(13)24-16(28)22-10-9-21-14-6-7-15(26-25-14)27-11-3-8-23-27/h1-8,11H,9-10H2,(H,21,25)(H2,22,24,28). The van der Waals surface area contributed by atoms with Gasteiger partial charge < -0.3 is 20.7 Å². The Hall–Kier alpha value is -3.83. The van der Waals surface area contributed by atoms with Crippen LogP contribution in [0.1, 0.15) is 0 Å². The number of hydrogen-bond acceptors (Lipinski definition) is 6. The predicted octanol–water partition coefficient (Wildman–Crippen LogP) is 2.79. The van der Waals surface area contributed by atoms with E-state index in [0.717, 1.165) is 6.07 Å². The summed E-state index contributed by atoms with van der Waals surface area (Å²) in [5.41, 5.74) is -0.102. The van der Waals surface area contributed by atoms with E-state index < -0.39 is 18.1 Å². The van der Waals surface area contributed by atoms with Crippen molar-refractivity contribution in [1.29, 1.82) is 0 Å². The summed E-state index contributed by atoms with van der Waals surface area (Å²) in [6, 6.07) is 9.77. The summed E-state index contributed by atoms with van der Waals surface area (Å²) in [6.07, 6.45) is -1.50. The van der Waals surface area contributed by atoms with Crippen LogP contribution in [0.25, 0.3) is 5.82 Å². The third-order valence-corrected chi connectivity index (χ3v) is 3.47. The molecule has 0 fully saturated rings. The van der Waals surface area contributed by atoms with Crippen LogP contribution in [0.5, 0.6) is 5.75 Å². The molecule has 152 valence electrons. The second kappa shape index (κ2) is 8.91. The van der Waals surface area contributed by atoms with Gasteiger partial charge in [0.1, 0.15) is 5.82 Å². The summed E-state index contributed by atoms with van der Waals surface area (Å²) in [4.78, 5) is 11.9. The highest BCUT2D eigenvalue weighted by atomic mass is 19.4. The average Bonchev–Trinajstić information content (AvgIpc) is 3.21. The van der Waals surface area contributed by atoms with Gasteiger partial charge >= 0.3 is 12.4 Å². The topological polar surface area (TPSA) is 106 Å². The molecule has 2 amide bonds. The highest BCUT2D eigenvalue weighted by molar-refractivity contribution is 5.90. The van der Waals surface area contributed by atoms with Crippen molar-refractivity contribution in [2.24, 2.45) is 0 Å². The molecule has 1 aromatic carbocycles. The summed E-state index contributed by atoms with van der Waals surface area (Å²) < 4.78 is 42.6. The minimum Gasteiger partial charge on any atom is -0.404 e. The highest BCUT2D eigenvalue weighted by Crippen LogP contribution is 2.29. The van der Waals surface area contributed by atoms with Crippen LogP contribution in [0, 0.1) is 0 Å². The number of ether oxygens (including phenoxy) is 1. The van der Waals surface area contributed by atoms with Crippen molar-refractivity contribution in [1.82, 2.24) is 25.3 Å². The third-order valence-electron chi connectivity index (χ3n) is 3.47. The lowest BCUT2D eigenvalue weighted by molar-refractivity contribution is -0.274. The van der Waals surface area contributed by atoms with Gasteiger partial charge in [0.05, 0.1) is 5.69 Å². The monoisotopic (exact) mass is 407 g/mol. The Bertz CT molecular complexity index is 931. The SMILES string of the molecule is O=C(NCCNc1ccc(-n2cccn2)nn1)Nc1ccccc1OC(F)(F)F. The molecular weight excluding hydrogens is 391 g/mol. The molecular formula is C17H16F3N7O2. The number of amides is 2. The van der Waals surface area contributed by atoms with Gasteiger partial charge in [-0.25, -0.2) is 9.48 Å². The number of nitrogens with one attached hydrogen (secondary N) is 3. The Labute approximate surface area is 162 Å². The van der Waals surface area contributed by atoms with Crippen molar-refractivity contribution in [2.75, 3.05) is 23.7 Å². The lowest BCUT2D eigenvalue weighted by Gasteiger charge is -2.14. The maximum atomic E-state index is 12.4. The largest absolute Gasteiger partial charge is 0.573 e. The second-order valence-electron chi connectivity index (χ2n) is 5.58. The van der Waals surface area contributed by atoms with Gasteiger partial charge in [-0.3, -0.25) is 0 Å². The minimum absolute atomic E-state index is 0.102. The minimum atomic E-state index is -4.85. The highest BCUT2D eigenvalue weighted by Gasteiger charge is 2.32. The first-order chi connectivity index (χ1) is 13.9. The number of carbonyl (C=O) groups excluding carboxylic acids is 1. The second-order valence-corrected chi connectivity index (χ2v) is 5.58. The number of hydrogen-bond donors (Lipinski definition) is 3. The number of urea groups is 1. The van der Waals surface area contributed by atoms with E-state index in [1.54, 1.807) is 35.3 Å². The fraction of sp³-hybridized carbons (Fsp3) is 0.176. The molecule has 0 unspecified atom stereocenters. The van der Waals surface area contributed by atoms with Crippen molar-refractivity contribution in [2.45, 2.75) is 6.36 Å². The summed E-state index contributed by atoms with van der Waals surface area (Å²) >= 11 is 0. The van der Waals surface area contributed by atoms with E-state index in [1.807, 2.05) is 0 Å².